The minimum atomic E-state index is -3.74. The van der Waals surface area contributed by atoms with E-state index in [1.165, 1.54) is 18.5 Å². The molecule has 0 spiro atoms. The van der Waals surface area contributed by atoms with E-state index in [0.29, 0.717) is 12.8 Å². The average molecular weight is 284 g/mol. The van der Waals surface area contributed by atoms with E-state index in [1.807, 2.05) is 0 Å². The standard InChI is InChI=1S/C11H16N4O3S/c12-10(14-16)11(5-1-2-6-11)15-19(17,18)9-4-3-7-13-8-9/h3-4,7-8,15-16H,1-2,5-6H2,(H2,12,14). The normalized spacial score (nSPS) is 19.5. The van der Waals surface area contributed by atoms with Crippen LogP contribution in [0.5, 0.6) is 0 Å². The Morgan fingerprint density at radius 1 is 1.47 bits per heavy atom. The van der Waals surface area contributed by atoms with Gasteiger partial charge < -0.3 is 10.9 Å². The fraction of sp³-hybridized carbons (Fsp3) is 0.455. The minimum Gasteiger partial charge on any atom is -0.409 e. The van der Waals surface area contributed by atoms with Gasteiger partial charge in [-0.25, -0.2) is 8.42 Å². The van der Waals surface area contributed by atoms with E-state index in [4.69, 9.17) is 10.9 Å². The van der Waals surface area contributed by atoms with Crippen LogP contribution in [0.1, 0.15) is 25.7 Å². The first kappa shape index (κ1) is 13.8. The molecule has 19 heavy (non-hydrogen) atoms. The van der Waals surface area contributed by atoms with Gasteiger partial charge >= 0.3 is 0 Å². The molecule has 4 N–H and O–H groups in total. The molecule has 0 aliphatic heterocycles. The van der Waals surface area contributed by atoms with Gasteiger partial charge in [-0.3, -0.25) is 4.98 Å². The van der Waals surface area contributed by atoms with Crippen molar-refractivity contribution in [3.05, 3.63) is 24.5 Å². The van der Waals surface area contributed by atoms with Crippen LogP contribution >= 0.6 is 0 Å². The van der Waals surface area contributed by atoms with E-state index >= 15 is 0 Å². The van der Waals surface area contributed by atoms with Crippen LogP contribution in [0.3, 0.4) is 0 Å². The molecule has 2 rings (SSSR count). The predicted octanol–water partition coefficient (Wildman–Crippen LogP) is 0.419. The van der Waals surface area contributed by atoms with Gasteiger partial charge in [0.15, 0.2) is 5.84 Å². The summed E-state index contributed by atoms with van der Waals surface area (Å²) in [5.74, 6) is -0.0996. The highest BCUT2D eigenvalue weighted by molar-refractivity contribution is 7.89. The molecule has 1 aromatic rings. The number of hydrogen-bond acceptors (Lipinski definition) is 5. The zero-order valence-corrected chi connectivity index (χ0v) is 11.1. The highest BCUT2D eigenvalue weighted by Gasteiger charge is 2.42. The maximum absolute atomic E-state index is 12.3. The quantitative estimate of drug-likeness (QED) is 0.320. The van der Waals surface area contributed by atoms with Crippen molar-refractivity contribution < 1.29 is 13.6 Å². The zero-order chi connectivity index (χ0) is 13.9. The third kappa shape index (κ3) is 2.69. The van der Waals surface area contributed by atoms with Gasteiger partial charge in [0.1, 0.15) is 4.90 Å². The Labute approximate surface area is 111 Å². The Morgan fingerprint density at radius 3 is 2.68 bits per heavy atom. The first-order valence-electron chi connectivity index (χ1n) is 5.92. The summed E-state index contributed by atoms with van der Waals surface area (Å²) in [5, 5.41) is 11.8. The molecule has 1 aliphatic rings. The molecule has 0 unspecified atom stereocenters. The maximum Gasteiger partial charge on any atom is 0.243 e. The molecule has 1 fully saturated rings. The summed E-state index contributed by atoms with van der Waals surface area (Å²) in [7, 11) is -3.74. The Hall–Kier alpha value is -1.67. The number of nitrogens with one attached hydrogen (secondary N) is 1. The van der Waals surface area contributed by atoms with Crippen LogP contribution in [0.25, 0.3) is 0 Å². The second-order valence-corrected chi connectivity index (χ2v) is 6.25. The third-order valence-electron chi connectivity index (χ3n) is 3.33. The van der Waals surface area contributed by atoms with Gasteiger partial charge in [0.25, 0.3) is 0 Å². The number of rotatable bonds is 4. The molecule has 0 amide bonds. The molecule has 0 radical (unpaired) electrons. The summed E-state index contributed by atoms with van der Waals surface area (Å²) in [6, 6.07) is 2.99. The number of nitrogens with two attached hydrogens (primary N) is 1. The summed E-state index contributed by atoms with van der Waals surface area (Å²) >= 11 is 0. The number of sulfonamides is 1. The van der Waals surface area contributed by atoms with Crippen LogP contribution in [0.15, 0.2) is 34.6 Å². The van der Waals surface area contributed by atoms with Crippen molar-refractivity contribution in [3.8, 4) is 0 Å². The summed E-state index contributed by atoms with van der Waals surface area (Å²) in [4.78, 5) is 3.85. The van der Waals surface area contributed by atoms with Gasteiger partial charge in [0.05, 0.1) is 5.54 Å². The molecule has 1 aromatic heterocycles. The van der Waals surface area contributed by atoms with Crippen LogP contribution in [-0.4, -0.2) is 30.0 Å². The molecule has 8 heteroatoms. The number of hydrogen-bond donors (Lipinski definition) is 3. The van der Waals surface area contributed by atoms with E-state index in [1.54, 1.807) is 6.07 Å². The van der Waals surface area contributed by atoms with Gasteiger partial charge in [-0.1, -0.05) is 18.0 Å². The van der Waals surface area contributed by atoms with Gasteiger partial charge in [0, 0.05) is 12.4 Å². The van der Waals surface area contributed by atoms with Crippen molar-refractivity contribution in [2.45, 2.75) is 36.1 Å². The van der Waals surface area contributed by atoms with Crippen molar-refractivity contribution in [2.75, 3.05) is 0 Å². The molecule has 7 nitrogen and oxygen atoms in total. The smallest absolute Gasteiger partial charge is 0.243 e. The Kier molecular flexibility index (Phi) is 3.72. The number of aromatic nitrogens is 1. The van der Waals surface area contributed by atoms with Crippen molar-refractivity contribution in [1.82, 2.24) is 9.71 Å². The highest BCUT2D eigenvalue weighted by Crippen LogP contribution is 2.31. The topological polar surface area (TPSA) is 118 Å². The second-order valence-electron chi connectivity index (χ2n) is 4.57. The summed E-state index contributed by atoms with van der Waals surface area (Å²) < 4.78 is 27.1. The summed E-state index contributed by atoms with van der Waals surface area (Å²) in [6.07, 6.45) is 5.44. The van der Waals surface area contributed by atoms with Gasteiger partial charge in [0.2, 0.25) is 10.0 Å². The van der Waals surface area contributed by atoms with Crippen LogP contribution in [0, 0.1) is 0 Å². The van der Waals surface area contributed by atoms with Crippen LogP contribution in [-0.2, 0) is 10.0 Å². The van der Waals surface area contributed by atoms with E-state index in [-0.39, 0.29) is 10.7 Å². The Balaban J connectivity index is 2.33. The van der Waals surface area contributed by atoms with Crippen molar-refractivity contribution >= 4 is 15.9 Å². The number of oxime groups is 1. The van der Waals surface area contributed by atoms with Crippen molar-refractivity contribution in [1.29, 1.82) is 0 Å². The molecule has 1 saturated carbocycles. The van der Waals surface area contributed by atoms with E-state index in [2.05, 4.69) is 14.9 Å². The van der Waals surface area contributed by atoms with Gasteiger partial charge in [-0.2, -0.15) is 4.72 Å². The third-order valence-corrected chi connectivity index (χ3v) is 4.85. The second kappa shape index (κ2) is 5.14. The molecule has 0 aromatic carbocycles. The maximum atomic E-state index is 12.3. The van der Waals surface area contributed by atoms with Crippen molar-refractivity contribution in [2.24, 2.45) is 10.9 Å². The zero-order valence-electron chi connectivity index (χ0n) is 10.3. The summed E-state index contributed by atoms with van der Waals surface area (Å²) in [6.45, 7) is 0. The molecule has 0 bridgehead atoms. The monoisotopic (exact) mass is 284 g/mol. The van der Waals surface area contributed by atoms with E-state index in [9.17, 15) is 8.42 Å². The van der Waals surface area contributed by atoms with Crippen molar-refractivity contribution in [3.63, 3.8) is 0 Å². The molecular weight excluding hydrogens is 268 g/mol. The highest BCUT2D eigenvalue weighted by atomic mass is 32.2. The van der Waals surface area contributed by atoms with E-state index < -0.39 is 15.6 Å². The van der Waals surface area contributed by atoms with Crippen LogP contribution in [0.4, 0.5) is 0 Å². The Morgan fingerprint density at radius 2 is 2.16 bits per heavy atom. The van der Waals surface area contributed by atoms with Gasteiger partial charge in [-0.05, 0) is 25.0 Å². The Bertz CT molecular complexity index is 565. The largest absolute Gasteiger partial charge is 0.409 e. The molecule has 1 aliphatic carbocycles. The lowest BCUT2D eigenvalue weighted by atomic mass is 9.98. The minimum absolute atomic E-state index is 0.0621. The number of amidine groups is 1. The fourth-order valence-electron chi connectivity index (χ4n) is 2.31. The molecule has 0 saturated heterocycles. The predicted molar refractivity (Wildman–Crippen MR) is 69.2 cm³/mol. The molecular formula is C11H16N4O3S. The first-order chi connectivity index (χ1) is 9.00. The van der Waals surface area contributed by atoms with Crippen LogP contribution in [0.2, 0.25) is 0 Å². The SMILES string of the molecule is N/C(=N/O)C1(NS(=O)(=O)c2cccnc2)CCCC1. The van der Waals surface area contributed by atoms with E-state index in [0.717, 1.165) is 12.8 Å². The lowest BCUT2D eigenvalue weighted by Gasteiger charge is -2.28. The van der Waals surface area contributed by atoms with Crippen LogP contribution < -0.4 is 10.5 Å². The number of nitrogens with zero attached hydrogens (tertiary/aromatic N) is 2. The molecule has 104 valence electrons. The van der Waals surface area contributed by atoms with Gasteiger partial charge in [-0.15, -0.1) is 0 Å². The lowest BCUT2D eigenvalue weighted by molar-refractivity contribution is 0.309. The summed E-state index contributed by atoms with van der Waals surface area (Å²) in [5.41, 5.74) is 4.66. The lowest BCUT2D eigenvalue weighted by Crippen LogP contribution is -2.55. The number of pyridine rings is 1. The molecule has 0 atom stereocenters. The molecule has 1 heterocycles. The first-order valence-corrected chi connectivity index (χ1v) is 7.40. The average Bonchev–Trinajstić information content (AvgIpc) is 2.88. The fourth-order valence-corrected chi connectivity index (χ4v) is 3.71.